The Bertz CT molecular complexity index is 814. The largest absolute Gasteiger partial charge is 0.481 e. The maximum absolute atomic E-state index is 10.9. The van der Waals surface area contributed by atoms with E-state index in [1.54, 1.807) is 6.20 Å². The van der Waals surface area contributed by atoms with E-state index >= 15 is 0 Å². The molecule has 0 atom stereocenters. The molecule has 0 unspecified atom stereocenters. The first-order valence-electron chi connectivity index (χ1n) is 6.45. The van der Waals surface area contributed by atoms with Gasteiger partial charge in [-0.15, -0.1) is 0 Å². The number of carbonyl (C=O) groups is 1. The second-order valence-corrected chi connectivity index (χ2v) is 5.41. The van der Waals surface area contributed by atoms with Crippen molar-refractivity contribution in [2.24, 2.45) is 0 Å². The van der Waals surface area contributed by atoms with Gasteiger partial charge in [-0.25, -0.2) is 4.98 Å². The summed E-state index contributed by atoms with van der Waals surface area (Å²) in [5, 5.41) is 8.94. The normalized spacial score (nSPS) is 10.9. The molecule has 0 saturated carbocycles. The Kier molecular flexibility index (Phi) is 3.70. The summed E-state index contributed by atoms with van der Waals surface area (Å²) >= 11 is 3.47. The molecule has 2 heterocycles. The van der Waals surface area contributed by atoms with E-state index in [1.165, 1.54) is 0 Å². The number of imidazole rings is 1. The molecule has 1 N–H and O–H groups in total. The molecular formula is C15H12BrN3O2. The van der Waals surface area contributed by atoms with Crippen LogP contribution in [0.2, 0.25) is 0 Å². The zero-order valence-electron chi connectivity index (χ0n) is 11.0. The van der Waals surface area contributed by atoms with Crippen molar-refractivity contribution in [2.75, 3.05) is 0 Å². The highest BCUT2D eigenvalue weighted by molar-refractivity contribution is 9.10. The summed E-state index contributed by atoms with van der Waals surface area (Å²) in [7, 11) is 0. The number of pyridine rings is 1. The van der Waals surface area contributed by atoms with Crippen molar-refractivity contribution < 1.29 is 9.90 Å². The SMILES string of the molecule is O=C(O)CCn1c(-c2ncccc2Br)nc2ccccc21. The van der Waals surface area contributed by atoms with Gasteiger partial charge in [0.2, 0.25) is 0 Å². The van der Waals surface area contributed by atoms with Crippen LogP contribution in [0.5, 0.6) is 0 Å². The lowest BCUT2D eigenvalue weighted by Gasteiger charge is -2.08. The van der Waals surface area contributed by atoms with Gasteiger partial charge in [-0.1, -0.05) is 12.1 Å². The van der Waals surface area contributed by atoms with E-state index in [1.807, 2.05) is 41.0 Å². The molecule has 0 aliphatic rings. The van der Waals surface area contributed by atoms with Crippen molar-refractivity contribution in [3.05, 3.63) is 47.1 Å². The van der Waals surface area contributed by atoms with Gasteiger partial charge in [-0.3, -0.25) is 9.78 Å². The average molecular weight is 346 g/mol. The molecule has 21 heavy (non-hydrogen) atoms. The molecule has 0 aliphatic carbocycles. The number of halogens is 1. The maximum Gasteiger partial charge on any atom is 0.305 e. The van der Waals surface area contributed by atoms with Crippen LogP contribution in [0.4, 0.5) is 0 Å². The lowest BCUT2D eigenvalue weighted by Crippen LogP contribution is -2.06. The van der Waals surface area contributed by atoms with Crippen LogP contribution >= 0.6 is 15.9 Å². The van der Waals surface area contributed by atoms with E-state index < -0.39 is 5.97 Å². The fourth-order valence-corrected chi connectivity index (χ4v) is 2.67. The summed E-state index contributed by atoms with van der Waals surface area (Å²) in [6, 6.07) is 11.4. The van der Waals surface area contributed by atoms with E-state index in [0.29, 0.717) is 18.1 Å². The molecule has 3 aromatic rings. The summed E-state index contributed by atoms with van der Waals surface area (Å²) in [5.74, 6) is -0.163. The third kappa shape index (κ3) is 2.67. The first-order chi connectivity index (χ1) is 10.2. The fourth-order valence-electron chi connectivity index (χ4n) is 2.24. The minimum absolute atomic E-state index is 0.0395. The van der Waals surface area contributed by atoms with Gasteiger partial charge in [-0.2, -0.15) is 0 Å². The van der Waals surface area contributed by atoms with Gasteiger partial charge in [0.1, 0.15) is 5.69 Å². The van der Waals surface area contributed by atoms with Gasteiger partial charge in [0, 0.05) is 17.2 Å². The molecule has 6 heteroatoms. The number of aliphatic carboxylic acids is 1. The van der Waals surface area contributed by atoms with Crippen molar-refractivity contribution in [3.8, 4) is 11.5 Å². The topological polar surface area (TPSA) is 68.0 Å². The fraction of sp³-hybridized carbons (Fsp3) is 0.133. The number of nitrogens with zero attached hydrogens (tertiary/aromatic N) is 3. The second kappa shape index (κ2) is 5.65. The van der Waals surface area contributed by atoms with E-state index in [9.17, 15) is 4.79 Å². The number of aryl methyl sites for hydroxylation is 1. The van der Waals surface area contributed by atoms with Crippen LogP contribution in [0, 0.1) is 0 Å². The van der Waals surface area contributed by atoms with Crippen LogP contribution in [0.3, 0.4) is 0 Å². The molecule has 2 aromatic heterocycles. The van der Waals surface area contributed by atoms with Crippen LogP contribution in [-0.4, -0.2) is 25.6 Å². The standard InChI is InChI=1S/C15H12BrN3O2/c16-10-4-3-8-17-14(10)15-18-11-5-1-2-6-12(11)19(15)9-7-13(20)21/h1-6,8H,7,9H2,(H,20,21). The number of hydrogen-bond donors (Lipinski definition) is 1. The van der Waals surface area contributed by atoms with Gasteiger partial charge >= 0.3 is 5.97 Å². The third-order valence-electron chi connectivity index (χ3n) is 3.17. The Morgan fingerprint density at radius 3 is 2.81 bits per heavy atom. The number of fused-ring (bicyclic) bond motifs is 1. The van der Waals surface area contributed by atoms with E-state index in [-0.39, 0.29) is 6.42 Å². The van der Waals surface area contributed by atoms with Crippen LogP contribution < -0.4 is 0 Å². The van der Waals surface area contributed by atoms with Crippen LogP contribution in [0.15, 0.2) is 47.1 Å². The molecule has 1 aromatic carbocycles. The van der Waals surface area contributed by atoms with Crippen molar-refractivity contribution >= 4 is 32.9 Å². The Morgan fingerprint density at radius 1 is 1.24 bits per heavy atom. The molecular weight excluding hydrogens is 334 g/mol. The van der Waals surface area contributed by atoms with Crippen LogP contribution in [0.1, 0.15) is 6.42 Å². The minimum atomic E-state index is -0.834. The summed E-state index contributed by atoms with van der Waals surface area (Å²) in [5.41, 5.74) is 2.45. The molecule has 5 nitrogen and oxygen atoms in total. The predicted octanol–water partition coefficient (Wildman–Crippen LogP) is 3.34. The molecule has 0 saturated heterocycles. The third-order valence-corrected chi connectivity index (χ3v) is 3.81. The van der Waals surface area contributed by atoms with Gasteiger partial charge in [0.05, 0.1) is 17.5 Å². The van der Waals surface area contributed by atoms with Gasteiger partial charge in [-0.05, 0) is 40.2 Å². The van der Waals surface area contributed by atoms with E-state index in [2.05, 4.69) is 25.9 Å². The first kappa shape index (κ1) is 13.8. The lowest BCUT2D eigenvalue weighted by molar-refractivity contribution is -0.137. The zero-order valence-corrected chi connectivity index (χ0v) is 12.6. The smallest absolute Gasteiger partial charge is 0.305 e. The molecule has 3 rings (SSSR count). The predicted molar refractivity (Wildman–Crippen MR) is 82.9 cm³/mol. The second-order valence-electron chi connectivity index (χ2n) is 4.55. The van der Waals surface area contributed by atoms with Crippen molar-refractivity contribution in [3.63, 3.8) is 0 Å². The number of aromatic nitrogens is 3. The molecule has 0 amide bonds. The molecule has 0 spiro atoms. The Balaban J connectivity index is 2.19. The monoisotopic (exact) mass is 345 g/mol. The molecule has 106 valence electrons. The van der Waals surface area contributed by atoms with Crippen molar-refractivity contribution in [1.29, 1.82) is 0 Å². The summed E-state index contributed by atoms with van der Waals surface area (Å²) in [6.45, 7) is 0.355. The van der Waals surface area contributed by atoms with Gasteiger partial charge in [0.25, 0.3) is 0 Å². The van der Waals surface area contributed by atoms with Crippen molar-refractivity contribution in [2.45, 2.75) is 13.0 Å². The molecule has 0 bridgehead atoms. The van der Waals surface area contributed by atoms with E-state index in [0.717, 1.165) is 15.5 Å². The summed E-state index contributed by atoms with van der Waals surface area (Å²) in [6.07, 6.45) is 1.73. The Hall–Kier alpha value is -2.21. The Labute approximate surface area is 129 Å². The number of rotatable bonds is 4. The van der Waals surface area contributed by atoms with Gasteiger partial charge < -0.3 is 9.67 Å². The molecule has 0 aliphatic heterocycles. The van der Waals surface area contributed by atoms with Crippen LogP contribution in [-0.2, 0) is 11.3 Å². The number of hydrogen-bond acceptors (Lipinski definition) is 3. The number of carboxylic acid groups (broad SMARTS) is 1. The van der Waals surface area contributed by atoms with Crippen molar-refractivity contribution in [1.82, 2.24) is 14.5 Å². The number of carboxylic acids is 1. The zero-order chi connectivity index (χ0) is 14.8. The summed E-state index contributed by atoms with van der Waals surface area (Å²) in [4.78, 5) is 19.8. The highest BCUT2D eigenvalue weighted by atomic mass is 79.9. The maximum atomic E-state index is 10.9. The minimum Gasteiger partial charge on any atom is -0.481 e. The molecule has 0 fully saturated rings. The molecule has 0 radical (unpaired) electrons. The number of para-hydroxylation sites is 2. The Morgan fingerprint density at radius 2 is 2.05 bits per heavy atom. The van der Waals surface area contributed by atoms with E-state index in [4.69, 9.17) is 5.11 Å². The van der Waals surface area contributed by atoms with Crippen LogP contribution in [0.25, 0.3) is 22.6 Å². The number of benzene rings is 1. The van der Waals surface area contributed by atoms with Gasteiger partial charge in [0.15, 0.2) is 5.82 Å². The summed E-state index contributed by atoms with van der Waals surface area (Å²) < 4.78 is 2.73. The average Bonchev–Trinajstić information content (AvgIpc) is 2.84. The first-order valence-corrected chi connectivity index (χ1v) is 7.24. The lowest BCUT2D eigenvalue weighted by atomic mass is 10.3. The highest BCUT2D eigenvalue weighted by Crippen LogP contribution is 2.28. The quantitative estimate of drug-likeness (QED) is 0.787. The highest BCUT2D eigenvalue weighted by Gasteiger charge is 2.16.